The second-order valence-corrected chi connectivity index (χ2v) is 2.98. The van der Waals surface area contributed by atoms with Gasteiger partial charge in [0.2, 0.25) is 0 Å². The van der Waals surface area contributed by atoms with Crippen molar-refractivity contribution in [3.63, 3.8) is 0 Å². The summed E-state index contributed by atoms with van der Waals surface area (Å²) in [5.41, 5.74) is -0.0336. The van der Waals surface area contributed by atoms with E-state index in [9.17, 15) is 4.79 Å². The van der Waals surface area contributed by atoms with Crippen LogP contribution in [0.5, 0.6) is 0 Å². The van der Waals surface area contributed by atoms with E-state index in [0.717, 1.165) is 12.8 Å². The highest BCUT2D eigenvalue weighted by Crippen LogP contribution is 2.02. The van der Waals surface area contributed by atoms with Crippen molar-refractivity contribution in [1.82, 2.24) is 9.88 Å². The number of aromatic nitrogens is 1. The van der Waals surface area contributed by atoms with Crippen LogP contribution in [0.25, 0.3) is 0 Å². The summed E-state index contributed by atoms with van der Waals surface area (Å²) in [6.07, 6.45) is 1.79. The van der Waals surface area contributed by atoms with E-state index in [1.807, 2.05) is 19.0 Å². The van der Waals surface area contributed by atoms with E-state index in [2.05, 4.69) is 4.98 Å². The molecule has 0 radical (unpaired) electrons. The van der Waals surface area contributed by atoms with Crippen LogP contribution in [0.15, 0.2) is 10.7 Å². The number of carboxylic acid groups (broad SMARTS) is 1. The van der Waals surface area contributed by atoms with E-state index in [1.54, 1.807) is 0 Å². The molecule has 0 atom stereocenters. The van der Waals surface area contributed by atoms with E-state index in [-0.39, 0.29) is 5.69 Å². The first-order valence-electron chi connectivity index (χ1n) is 3.92. The van der Waals surface area contributed by atoms with Gasteiger partial charge in [0.1, 0.15) is 6.26 Å². The van der Waals surface area contributed by atoms with Gasteiger partial charge in [-0.1, -0.05) is 0 Å². The van der Waals surface area contributed by atoms with Crippen LogP contribution >= 0.6 is 0 Å². The summed E-state index contributed by atoms with van der Waals surface area (Å²) in [5.74, 6) is -0.592. The molecule has 1 aromatic rings. The van der Waals surface area contributed by atoms with E-state index >= 15 is 0 Å². The lowest BCUT2D eigenvalue weighted by molar-refractivity contribution is 0.0690. The highest BCUT2D eigenvalue weighted by molar-refractivity contribution is 5.84. The van der Waals surface area contributed by atoms with Crippen molar-refractivity contribution < 1.29 is 14.3 Å². The topological polar surface area (TPSA) is 66.6 Å². The summed E-state index contributed by atoms with van der Waals surface area (Å²) in [4.78, 5) is 16.2. The van der Waals surface area contributed by atoms with Gasteiger partial charge in [-0.05, 0) is 14.1 Å². The third-order valence-corrected chi connectivity index (χ3v) is 1.54. The Bertz CT molecular complexity index is 293. The van der Waals surface area contributed by atoms with Gasteiger partial charge in [0.15, 0.2) is 11.6 Å². The number of nitrogens with zero attached hydrogens (tertiary/aromatic N) is 2. The summed E-state index contributed by atoms with van der Waals surface area (Å²) < 4.78 is 4.96. The lowest BCUT2D eigenvalue weighted by Crippen LogP contribution is -2.15. The van der Waals surface area contributed by atoms with Crippen LogP contribution in [0.1, 0.15) is 16.4 Å². The molecule has 5 heteroatoms. The highest BCUT2D eigenvalue weighted by Gasteiger charge is 2.09. The maximum Gasteiger partial charge on any atom is 0.357 e. The number of carboxylic acids is 1. The average Bonchev–Trinajstić information content (AvgIpc) is 2.48. The minimum Gasteiger partial charge on any atom is -0.476 e. The normalized spacial score (nSPS) is 10.7. The first kappa shape index (κ1) is 9.73. The summed E-state index contributed by atoms with van der Waals surface area (Å²) in [7, 11) is 3.86. The number of likely N-dealkylation sites (N-methyl/N-ethyl adjacent to an activating group) is 1. The smallest absolute Gasteiger partial charge is 0.357 e. The van der Waals surface area contributed by atoms with E-state index in [4.69, 9.17) is 9.52 Å². The van der Waals surface area contributed by atoms with Gasteiger partial charge in [0.05, 0.1) is 0 Å². The molecule has 0 amide bonds. The summed E-state index contributed by atoms with van der Waals surface area (Å²) >= 11 is 0. The maximum atomic E-state index is 10.4. The number of aromatic carboxylic acids is 1. The first-order valence-corrected chi connectivity index (χ1v) is 3.92. The molecule has 0 spiro atoms. The van der Waals surface area contributed by atoms with E-state index in [0.29, 0.717) is 12.3 Å². The van der Waals surface area contributed by atoms with Crippen molar-refractivity contribution in [2.75, 3.05) is 20.6 Å². The minimum absolute atomic E-state index is 0.0336. The van der Waals surface area contributed by atoms with Crippen molar-refractivity contribution in [2.45, 2.75) is 6.42 Å². The third-order valence-electron chi connectivity index (χ3n) is 1.54. The number of hydrogen-bond acceptors (Lipinski definition) is 4. The molecule has 13 heavy (non-hydrogen) atoms. The second kappa shape index (κ2) is 4.04. The van der Waals surface area contributed by atoms with Crippen LogP contribution < -0.4 is 0 Å². The Hall–Kier alpha value is -1.36. The van der Waals surface area contributed by atoms with Gasteiger partial charge in [-0.2, -0.15) is 0 Å². The van der Waals surface area contributed by atoms with Gasteiger partial charge < -0.3 is 14.4 Å². The molecular weight excluding hydrogens is 172 g/mol. The van der Waals surface area contributed by atoms with Crippen LogP contribution in [-0.2, 0) is 6.42 Å². The molecule has 1 rings (SSSR count). The average molecular weight is 184 g/mol. The van der Waals surface area contributed by atoms with Crippen LogP contribution in [0.3, 0.4) is 0 Å². The van der Waals surface area contributed by atoms with E-state index < -0.39 is 5.97 Å². The Morgan fingerprint density at radius 1 is 1.69 bits per heavy atom. The molecule has 0 fully saturated rings. The maximum absolute atomic E-state index is 10.4. The molecule has 1 N–H and O–H groups in total. The molecule has 0 bridgehead atoms. The number of oxazole rings is 1. The van der Waals surface area contributed by atoms with Crippen LogP contribution in [-0.4, -0.2) is 41.6 Å². The van der Waals surface area contributed by atoms with Gasteiger partial charge >= 0.3 is 5.97 Å². The summed E-state index contributed by atoms with van der Waals surface area (Å²) in [6.45, 7) is 0.791. The fourth-order valence-electron chi connectivity index (χ4n) is 0.843. The molecular formula is C8H12N2O3. The molecule has 0 unspecified atom stereocenters. The highest BCUT2D eigenvalue weighted by atomic mass is 16.4. The third kappa shape index (κ3) is 2.87. The number of rotatable bonds is 4. The molecule has 0 aromatic carbocycles. The van der Waals surface area contributed by atoms with Crippen molar-refractivity contribution in [3.8, 4) is 0 Å². The van der Waals surface area contributed by atoms with Crippen molar-refractivity contribution in [3.05, 3.63) is 17.8 Å². The molecule has 0 saturated carbocycles. The SMILES string of the molecule is CN(C)CCc1nc(C(=O)O)co1. The van der Waals surface area contributed by atoms with Crippen molar-refractivity contribution in [1.29, 1.82) is 0 Å². The monoisotopic (exact) mass is 184 g/mol. The zero-order valence-corrected chi connectivity index (χ0v) is 7.65. The molecule has 0 saturated heterocycles. The Morgan fingerprint density at radius 3 is 2.85 bits per heavy atom. The zero-order chi connectivity index (χ0) is 9.84. The minimum atomic E-state index is -1.06. The fraction of sp³-hybridized carbons (Fsp3) is 0.500. The predicted octanol–water partition coefficient (Wildman–Crippen LogP) is 0.477. The van der Waals surface area contributed by atoms with Crippen molar-refractivity contribution >= 4 is 5.97 Å². The molecule has 0 aliphatic rings. The van der Waals surface area contributed by atoms with Gasteiger partial charge in [-0.15, -0.1) is 0 Å². The Kier molecular flexibility index (Phi) is 3.02. The lowest BCUT2D eigenvalue weighted by Gasteiger charge is -2.05. The Morgan fingerprint density at radius 2 is 2.38 bits per heavy atom. The first-order chi connectivity index (χ1) is 6.09. The Labute approximate surface area is 76.0 Å². The summed E-state index contributed by atoms with van der Waals surface area (Å²) in [6, 6.07) is 0. The molecule has 0 aliphatic carbocycles. The molecule has 1 aromatic heterocycles. The van der Waals surface area contributed by atoms with Crippen LogP contribution in [0.4, 0.5) is 0 Å². The standard InChI is InChI=1S/C8H12N2O3/c1-10(2)4-3-7-9-6(5-13-7)8(11)12/h5H,3-4H2,1-2H3,(H,11,12). The Balaban J connectivity index is 2.54. The van der Waals surface area contributed by atoms with Gasteiger partial charge in [-0.25, -0.2) is 9.78 Å². The second-order valence-electron chi connectivity index (χ2n) is 2.98. The molecule has 0 aliphatic heterocycles. The number of carbonyl (C=O) groups is 1. The largest absolute Gasteiger partial charge is 0.476 e. The quantitative estimate of drug-likeness (QED) is 0.737. The van der Waals surface area contributed by atoms with Gasteiger partial charge in [0, 0.05) is 13.0 Å². The molecule has 1 heterocycles. The molecule has 72 valence electrons. The molecule has 5 nitrogen and oxygen atoms in total. The van der Waals surface area contributed by atoms with Crippen LogP contribution in [0, 0.1) is 0 Å². The zero-order valence-electron chi connectivity index (χ0n) is 7.65. The van der Waals surface area contributed by atoms with E-state index in [1.165, 1.54) is 0 Å². The van der Waals surface area contributed by atoms with Gasteiger partial charge in [-0.3, -0.25) is 0 Å². The van der Waals surface area contributed by atoms with Crippen molar-refractivity contribution in [2.24, 2.45) is 0 Å². The van der Waals surface area contributed by atoms with Crippen LogP contribution in [0.2, 0.25) is 0 Å². The predicted molar refractivity (Wildman–Crippen MR) is 45.7 cm³/mol. The fourth-order valence-corrected chi connectivity index (χ4v) is 0.843. The van der Waals surface area contributed by atoms with Gasteiger partial charge in [0.25, 0.3) is 0 Å². The lowest BCUT2D eigenvalue weighted by atomic mass is 10.4. The number of hydrogen-bond donors (Lipinski definition) is 1. The summed E-state index contributed by atoms with van der Waals surface area (Å²) in [5, 5.41) is 8.54.